The van der Waals surface area contributed by atoms with Gasteiger partial charge in [0.2, 0.25) is 11.8 Å². The van der Waals surface area contributed by atoms with Gasteiger partial charge in [0.1, 0.15) is 11.6 Å². The number of hydrogen-bond acceptors (Lipinski definition) is 3. The summed E-state index contributed by atoms with van der Waals surface area (Å²) in [6, 6.07) is 13.9. The molecule has 2 atom stereocenters. The Hall–Kier alpha value is -2.89. The summed E-state index contributed by atoms with van der Waals surface area (Å²) in [7, 11) is 1.62. The monoisotopic (exact) mass is 396 g/mol. The van der Waals surface area contributed by atoms with E-state index in [4.69, 9.17) is 4.74 Å². The van der Waals surface area contributed by atoms with Gasteiger partial charge in [-0.15, -0.1) is 0 Å². The van der Waals surface area contributed by atoms with Crippen molar-refractivity contribution in [3.8, 4) is 5.75 Å². The first kappa shape index (κ1) is 19.4. The van der Waals surface area contributed by atoms with E-state index in [1.807, 2.05) is 34.1 Å². The van der Waals surface area contributed by atoms with Crippen LogP contribution in [0.15, 0.2) is 48.5 Å². The fourth-order valence-corrected chi connectivity index (χ4v) is 3.99. The highest BCUT2D eigenvalue weighted by Gasteiger charge is 2.46. The molecule has 2 fully saturated rings. The largest absolute Gasteiger partial charge is 0.497 e. The third kappa shape index (κ3) is 4.42. The Morgan fingerprint density at radius 2 is 1.59 bits per heavy atom. The van der Waals surface area contributed by atoms with Crippen LogP contribution in [0.1, 0.15) is 23.5 Å². The van der Waals surface area contributed by atoms with Crippen LogP contribution in [0.3, 0.4) is 0 Å². The standard InChI is InChI=1S/C23H25FN2O3/c1-29-19-8-2-16(3-9-19)14-22(27)25-10-12-26(13-11-25)23(28)21-15-20(21)17-4-6-18(24)7-5-17/h2-9,20-21H,10-15H2,1H3. The summed E-state index contributed by atoms with van der Waals surface area (Å²) in [6.07, 6.45) is 1.17. The van der Waals surface area contributed by atoms with Crippen molar-refractivity contribution in [2.24, 2.45) is 5.92 Å². The molecule has 1 saturated carbocycles. The molecule has 2 aliphatic rings. The van der Waals surface area contributed by atoms with Crippen molar-refractivity contribution < 1.29 is 18.7 Å². The quantitative estimate of drug-likeness (QED) is 0.781. The minimum absolute atomic E-state index is 0.0120. The topological polar surface area (TPSA) is 49.9 Å². The summed E-state index contributed by atoms with van der Waals surface area (Å²) in [5.74, 6) is 0.930. The fraction of sp³-hybridized carbons (Fsp3) is 0.391. The number of nitrogens with zero attached hydrogens (tertiary/aromatic N) is 2. The molecule has 2 aromatic carbocycles. The molecule has 0 bridgehead atoms. The molecule has 0 aromatic heterocycles. The van der Waals surface area contributed by atoms with Crippen LogP contribution in [0, 0.1) is 11.7 Å². The molecule has 1 heterocycles. The van der Waals surface area contributed by atoms with Gasteiger partial charge >= 0.3 is 0 Å². The smallest absolute Gasteiger partial charge is 0.227 e. The summed E-state index contributed by atoms with van der Waals surface area (Å²) in [4.78, 5) is 29.0. The zero-order valence-corrected chi connectivity index (χ0v) is 16.5. The SMILES string of the molecule is COc1ccc(CC(=O)N2CCN(C(=O)C3CC3c3ccc(F)cc3)CC2)cc1. The van der Waals surface area contributed by atoms with E-state index in [2.05, 4.69) is 0 Å². The van der Waals surface area contributed by atoms with E-state index >= 15 is 0 Å². The number of carbonyl (C=O) groups is 2. The van der Waals surface area contributed by atoms with Crippen LogP contribution in [0.5, 0.6) is 5.75 Å². The molecule has 1 aliphatic heterocycles. The fourth-order valence-electron chi connectivity index (χ4n) is 3.99. The lowest BCUT2D eigenvalue weighted by molar-refractivity contribution is -0.140. The average molecular weight is 396 g/mol. The van der Waals surface area contributed by atoms with Crippen LogP contribution < -0.4 is 4.74 Å². The van der Waals surface area contributed by atoms with Crippen LogP contribution in [0.4, 0.5) is 4.39 Å². The average Bonchev–Trinajstić information content (AvgIpc) is 3.55. The van der Waals surface area contributed by atoms with Crippen molar-refractivity contribution in [2.75, 3.05) is 33.3 Å². The molecule has 2 unspecified atom stereocenters. The lowest BCUT2D eigenvalue weighted by atomic mass is 10.1. The van der Waals surface area contributed by atoms with Crippen molar-refractivity contribution in [1.82, 2.24) is 9.80 Å². The molecular formula is C23H25FN2O3. The second-order valence-corrected chi connectivity index (χ2v) is 7.73. The molecule has 1 saturated heterocycles. The molecule has 0 spiro atoms. The minimum Gasteiger partial charge on any atom is -0.497 e. The van der Waals surface area contributed by atoms with E-state index < -0.39 is 0 Å². The Morgan fingerprint density at radius 3 is 2.21 bits per heavy atom. The molecule has 0 radical (unpaired) electrons. The molecular weight excluding hydrogens is 371 g/mol. The third-order valence-electron chi connectivity index (χ3n) is 5.86. The summed E-state index contributed by atoms with van der Waals surface area (Å²) in [6.45, 7) is 2.27. The van der Waals surface area contributed by atoms with E-state index in [0.717, 1.165) is 23.3 Å². The van der Waals surface area contributed by atoms with Crippen molar-refractivity contribution in [3.63, 3.8) is 0 Å². The number of methoxy groups -OCH3 is 1. The first-order chi connectivity index (χ1) is 14.0. The van der Waals surface area contributed by atoms with Crippen molar-refractivity contribution >= 4 is 11.8 Å². The number of halogens is 1. The number of rotatable bonds is 5. The number of amides is 2. The van der Waals surface area contributed by atoms with Gasteiger partial charge < -0.3 is 14.5 Å². The van der Waals surface area contributed by atoms with Gasteiger partial charge in [0.15, 0.2) is 0 Å². The van der Waals surface area contributed by atoms with Crippen molar-refractivity contribution in [3.05, 3.63) is 65.5 Å². The first-order valence-electron chi connectivity index (χ1n) is 10.00. The van der Waals surface area contributed by atoms with Crippen LogP contribution >= 0.6 is 0 Å². The molecule has 1 aliphatic carbocycles. The Labute approximate surface area is 170 Å². The van der Waals surface area contributed by atoms with E-state index in [1.165, 1.54) is 12.1 Å². The molecule has 152 valence electrons. The number of piperazine rings is 1. The second kappa shape index (κ2) is 8.23. The molecule has 5 nitrogen and oxygen atoms in total. The molecule has 2 aromatic rings. The highest BCUT2D eigenvalue weighted by atomic mass is 19.1. The van der Waals surface area contributed by atoms with Gasteiger partial charge in [-0.3, -0.25) is 9.59 Å². The Balaban J connectivity index is 1.26. The van der Waals surface area contributed by atoms with E-state index in [1.54, 1.807) is 19.2 Å². The maximum absolute atomic E-state index is 13.1. The summed E-state index contributed by atoms with van der Waals surface area (Å²) in [5, 5.41) is 0. The highest BCUT2D eigenvalue weighted by Crippen LogP contribution is 2.48. The number of carbonyl (C=O) groups excluding carboxylic acids is 2. The van der Waals surface area contributed by atoms with Crippen molar-refractivity contribution in [1.29, 1.82) is 0 Å². The van der Waals surface area contributed by atoms with Gasteiger partial charge in [0, 0.05) is 32.1 Å². The van der Waals surface area contributed by atoms with Gasteiger partial charge in [-0.25, -0.2) is 4.39 Å². The van der Waals surface area contributed by atoms with Gasteiger partial charge in [-0.05, 0) is 47.7 Å². The predicted molar refractivity (Wildman–Crippen MR) is 107 cm³/mol. The highest BCUT2D eigenvalue weighted by molar-refractivity contribution is 5.84. The van der Waals surface area contributed by atoms with Gasteiger partial charge in [0.05, 0.1) is 13.5 Å². The first-order valence-corrected chi connectivity index (χ1v) is 10.00. The lowest BCUT2D eigenvalue weighted by Gasteiger charge is -2.35. The molecule has 2 amide bonds. The molecule has 6 heteroatoms. The maximum Gasteiger partial charge on any atom is 0.227 e. The number of benzene rings is 2. The predicted octanol–water partition coefficient (Wildman–Crippen LogP) is 2.85. The maximum atomic E-state index is 13.1. The zero-order valence-electron chi connectivity index (χ0n) is 16.5. The van der Waals surface area contributed by atoms with Crippen LogP contribution in [-0.2, 0) is 16.0 Å². The van der Waals surface area contributed by atoms with Gasteiger partial charge in [0.25, 0.3) is 0 Å². The molecule has 0 N–H and O–H groups in total. The molecule has 29 heavy (non-hydrogen) atoms. The van der Waals surface area contributed by atoms with E-state index in [0.29, 0.717) is 32.6 Å². The second-order valence-electron chi connectivity index (χ2n) is 7.73. The lowest BCUT2D eigenvalue weighted by Crippen LogP contribution is -2.51. The Morgan fingerprint density at radius 1 is 0.966 bits per heavy atom. The summed E-state index contributed by atoms with van der Waals surface area (Å²) in [5.41, 5.74) is 1.98. The van der Waals surface area contributed by atoms with Crippen LogP contribution in [-0.4, -0.2) is 54.9 Å². The summed E-state index contributed by atoms with van der Waals surface area (Å²) < 4.78 is 18.2. The minimum atomic E-state index is -0.257. The normalized spacial score (nSPS) is 21.0. The van der Waals surface area contributed by atoms with Gasteiger partial charge in [-0.1, -0.05) is 24.3 Å². The summed E-state index contributed by atoms with van der Waals surface area (Å²) >= 11 is 0. The zero-order chi connectivity index (χ0) is 20.4. The number of ether oxygens (including phenoxy) is 1. The Bertz CT molecular complexity index is 874. The van der Waals surface area contributed by atoms with Crippen molar-refractivity contribution in [2.45, 2.75) is 18.8 Å². The number of hydrogen-bond donors (Lipinski definition) is 0. The van der Waals surface area contributed by atoms with Gasteiger partial charge in [-0.2, -0.15) is 0 Å². The van der Waals surface area contributed by atoms with E-state index in [9.17, 15) is 14.0 Å². The molecule has 4 rings (SSSR count). The third-order valence-corrected chi connectivity index (χ3v) is 5.86. The van der Waals surface area contributed by atoms with E-state index in [-0.39, 0.29) is 29.5 Å². The van der Waals surface area contributed by atoms with Crippen LogP contribution in [0.25, 0.3) is 0 Å². The Kier molecular flexibility index (Phi) is 5.51. The van der Waals surface area contributed by atoms with Crippen LogP contribution in [0.2, 0.25) is 0 Å².